The van der Waals surface area contributed by atoms with Gasteiger partial charge in [-0.3, -0.25) is 0 Å². The van der Waals surface area contributed by atoms with E-state index in [0.29, 0.717) is 12.5 Å². The van der Waals surface area contributed by atoms with Crippen molar-refractivity contribution in [2.75, 3.05) is 13.2 Å². The molecule has 1 aliphatic rings. The van der Waals surface area contributed by atoms with Gasteiger partial charge in [0, 0.05) is 19.1 Å². The summed E-state index contributed by atoms with van der Waals surface area (Å²) < 4.78 is 12.0. The summed E-state index contributed by atoms with van der Waals surface area (Å²) in [6.45, 7) is 3.45. The molecule has 1 aromatic heterocycles. The molecular formula is C12H17BrN2O2. The summed E-state index contributed by atoms with van der Waals surface area (Å²) in [6, 6.07) is 1.79. The summed E-state index contributed by atoms with van der Waals surface area (Å²) >= 11 is 3.36. The predicted octanol–water partition coefficient (Wildman–Crippen LogP) is 2.75. The molecule has 0 N–H and O–H groups in total. The highest BCUT2D eigenvalue weighted by molar-refractivity contribution is 9.10. The van der Waals surface area contributed by atoms with E-state index in [1.54, 1.807) is 6.07 Å². The lowest BCUT2D eigenvalue weighted by Gasteiger charge is -2.22. The van der Waals surface area contributed by atoms with E-state index in [4.69, 9.17) is 9.47 Å². The number of hydrogen-bond donors (Lipinski definition) is 0. The van der Waals surface area contributed by atoms with Crippen molar-refractivity contribution in [2.24, 2.45) is 0 Å². The fourth-order valence-electron chi connectivity index (χ4n) is 1.79. The minimum atomic E-state index is 0.211. The normalized spacial score (nSPS) is 20.2. The molecule has 0 saturated carbocycles. The highest BCUT2D eigenvalue weighted by atomic mass is 79.9. The summed E-state index contributed by atoms with van der Waals surface area (Å²) in [7, 11) is 0. The summed E-state index contributed by atoms with van der Waals surface area (Å²) in [6.07, 6.45) is 4.47. The van der Waals surface area contributed by atoms with E-state index in [1.807, 2.05) is 6.92 Å². The maximum absolute atomic E-state index is 5.66. The molecule has 2 heterocycles. The molecule has 0 spiro atoms. The van der Waals surface area contributed by atoms with Crippen LogP contribution in [0.2, 0.25) is 0 Å². The first kappa shape index (κ1) is 12.8. The first-order valence-electron chi connectivity index (χ1n) is 6.06. The number of hydrogen-bond acceptors (Lipinski definition) is 4. The minimum Gasteiger partial charge on any atom is -0.475 e. The van der Waals surface area contributed by atoms with Crippen molar-refractivity contribution in [1.29, 1.82) is 0 Å². The Morgan fingerprint density at radius 2 is 2.35 bits per heavy atom. The van der Waals surface area contributed by atoms with Crippen LogP contribution >= 0.6 is 15.9 Å². The molecule has 0 bridgehead atoms. The quantitative estimate of drug-likeness (QED) is 0.802. The monoisotopic (exact) mass is 300 g/mol. The van der Waals surface area contributed by atoms with Crippen LogP contribution < -0.4 is 4.74 Å². The first-order valence-corrected chi connectivity index (χ1v) is 6.85. The summed E-state index contributed by atoms with van der Waals surface area (Å²) in [4.78, 5) is 8.56. The van der Waals surface area contributed by atoms with E-state index in [2.05, 4.69) is 25.9 Å². The lowest BCUT2D eigenvalue weighted by molar-refractivity contribution is -0.0120. The van der Waals surface area contributed by atoms with Crippen molar-refractivity contribution in [1.82, 2.24) is 9.97 Å². The Bertz CT molecular complexity index is 368. The molecule has 1 aromatic rings. The van der Waals surface area contributed by atoms with Gasteiger partial charge in [0.15, 0.2) is 0 Å². The summed E-state index contributed by atoms with van der Waals surface area (Å²) in [5, 5.41) is 0. The average Bonchev–Trinajstić information content (AvgIpc) is 2.37. The Balaban J connectivity index is 1.91. The maximum atomic E-state index is 5.66. The van der Waals surface area contributed by atoms with Crippen LogP contribution in [0, 0.1) is 0 Å². The van der Waals surface area contributed by atoms with E-state index >= 15 is 0 Å². The van der Waals surface area contributed by atoms with Gasteiger partial charge in [0.25, 0.3) is 0 Å². The molecule has 1 atom stereocenters. The molecule has 1 saturated heterocycles. The molecule has 0 aromatic carbocycles. The number of nitrogens with zero attached hydrogens (tertiary/aromatic N) is 2. The first-order chi connectivity index (χ1) is 8.28. The van der Waals surface area contributed by atoms with E-state index in [9.17, 15) is 0 Å². The van der Waals surface area contributed by atoms with Crippen LogP contribution in [-0.2, 0) is 11.2 Å². The standard InChI is InChI=1S/C12H17BrN2O2/c1-2-11-14-10(13)7-12(15-11)17-8-9-5-3-4-6-16-9/h7,9H,2-6,8H2,1H3. The second-order valence-corrected chi connectivity index (χ2v) is 4.91. The smallest absolute Gasteiger partial charge is 0.217 e. The van der Waals surface area contributed by atoms with Gasteiger partial charge >= 0.3 is 0 Å². The van der Waals surface area contributed by atoms with Crippen molar-refractivity contribution in [2.45, 2.75) is 38.7 Å². The van der Waals surface area contributed by atoms with Crippen molar-refractivity contribution in [3.63, 3.8) is 0 Å². The van der Waals surface area contributed by atoms with E-state index in [-0.39, 0.29) is 6.10 Å². The Labute approximate surface area is 110 Å². The van der Waals surface area contributed by atoms with Crippen molar-refractivity contribution in [3.8, 4) is 5.88 Å². The summed E-state index contributed by atoms with van der Waals surface area (Å²) in [5.41, 5.74) is 0. The zero-order valence-electron chi connectivity index (χ0n) is 9.99. The van der Waals surface area contributed by atoms with Crippen LogP contribution in [0.5, 0.6) is 5.88 Å². The number of rotatable bonds is 4. The molecule has 1 fully saturated rings. The molecule has 2 rings (SSSR count). The molecular weight excluding hydrogens is 284 g/mol. The van der Waals surface area contributed by atoms with Crippen LogP contribution in [0.3, 0.4) is 0 Å². The van der Waals surface area contributed by atoms with Crippen molar-refractivity contribution < 1.29 is 9.47 Å². The number of aromatic nitrogens is 2. The molecule has 0 amide bonds. The molecule has 1 aliphatic heterocycles. The predicted molar refractivity (Wildman–Crippen MR) is 68.2 cm³/mol. The average molecular weight is 301 g/mol. The summed E-state index contributed by atoms with van der Waals surface area (Å²) in [5.74, 6) is 1.41. The topological polar surface area (TPSA) is 44.2 Å². The second kappa shape index (κ2) is 6.31. The van der Waals surface area contributed by atoms with E-state index in [0.717, 1.165) is 36.3 Å². The molecule has 1 unspecified atom stereocenters. The van der Waals surface area contributed by atoms with Crippen LogP contribution in [0.1, 0.15) is 32.0 Å². The molecule has 17 heavy (non-hydrogen) atoms. The molecule has 0 aliphatic carbocycles. The SMILES string of the molecule is CCc1nc(Br)cc(OCC2CCCCO2)n1. The highest BCUT2D eigenvalue weighted by Gasteiger charge is 2.15. The molecule has 5 heteroatoms. The molecule has 0 radical (unpaired) electrons. The largest absolute Gasteiger partial charge is 0.475 e. The Kier molecular flexibility index (Phi) is 4.74. The van der Waals surface area contributed by atoms with Crippen LogP contribution in [0.25, 0.3) is 0 Å². The maximum Gasteiger partial charge on any atom is 0.217 e. The highest BCUT2D eigenvalue weighted by Crippen LogP contribution is 2.17. The van der Waals surface area contributed by atoms with Gasteiger partial charge in [0.1, 0.15) is 17.0 Å². The van der Waals surface area contributed by atoms with Gasteiger partial charge in [-0.25, -0.2) is 4.98 Å². The van der Waals surface area contributed by atoms with Crippen molar-refractivity contribution in [3.05, 3.63) is 16.5 Å². The second-order valence-electron chi connectivity index (χ2n) is 4.10. The van der Waals surface area contributed by atoms with Gasteiger partial charge < -0.3 is 9.47 Å². The van der Waals surface area contributed by atoms with Gasteiger partial charge in [-0.1, -0.05) is 6.92 Å². The lowest BCUT2D eigenvalue weighted by atomic mass is 10.1. The van der Waals surface area contributed by atoms with Gasteiger partial charge in [-0.15, -0.1) is 0 Å². The van der Waals surface area contributed by atoms with Crippen LogP contribution in [0.15, 0.2) is 10.7 Å². The van der Waals surface area contributed by atoms with Crippen LogP contribution in [-0.4, -0.2) is 29.3 Å². The van der Waals surface area contributed by atoms with Gasteiger partial charge in [-0.05, 0) is 35.2 Å². The molecule has 94 valence electrons. The van der Waals surface area contributed by atoms with E-state index in [1.165, 1.54) is 6.42 Å². The van der Waals surface area contributed by atoms with Crippen molar-refractivity contribution >= 4 is 15.9 Å². The van der Waals surface area contributed by atoms with Gasteiger partial charge in [-0.2, -0.15) is 4.98 Å². The fourth-order valence-corrected chi connectivity index (χ4v) is 2.19. The Morgan fingerprint density at radius 3 is 3.06 bits per heavy atom. The number of ether oxygens (including phenoxy) is 2. The Morgan fingerprint density at radius 1 is 1.47 bits per heavy atom. The fraction of sp³-hybridized carbons (Fsp3) is 0.667. The third-order valence-electron chi connectivity index (χ3n) is 2.73. The number of aryl methyl sites for hydroxylation is 1. The zero-order valence-corrected chi connectivity index (χ0v) is 11.6. The zero-order chi connectivity index (χ0) is 12.1. The lowest BCUT2D eigenvalue weighted by Crippen LogP contribution is -2.26. The third-order valence-corrected chi connectivity index (χ3v) is 3.13. The minimum absolute atomic E-state index is 0.211. The number of halogens is 1. The Hall–Kier alpha value is -0.680. The van der Waals surface area contributed by atoms with E-state index < -0.39 is 0 Å². The van der Waals surface area contributed by atoms with Crippen LogP contribution in [0.4, 0.5) is 0 Å². The van der Waals surface area contributed by atoms with Gasteiger partial charge in [0.2, 0.25) is 5.88 Å². The molecule has 4 nitrogen and oxygen atoms in total. The van der Waals surface area contributed by atoms with Gasteiger partial charge in [0.05, 0.1) is 6.10 Å². The third kappa shape index (κ3) is 3.92.